The van der Waals surface area contributed by atoms with Gasteiger partial charge >= 0.3 is 0 Å². The van der Waals surface area contributed by atoms with Crippen molar-refractivity contribution < 1.29 is 4.92 Å². The van der Waals surface area contributed by atoms with E-state index in [0.717, 1.165) is 11.2 Å². The van der Waals surface area contributed by atoms with Crippen molar-refractivity contribution in [3.05, 3.63) is 53.2 Å². The first-order chi connectivity index (χ1) is 8.75. The van der Waals surface area contributed by atoms with Gasteiger partial charge in [0, 0.05) is 17.8 Å². The molecule has 0 spiro atoms. The summed E-state index contributed by atoms with van der Waals surface area (Å²) in [7, 11) is 0. The minimum Gasteiger partial charge on any atom is -0.296 e. The maximum absolute atomic E-state index is 10.6. The minimum atomic E-state index is -0.432. The van der Waals surface area contributed by atoms with Crippen molar-refractivity contribution in [2.75, 3.05) is 0 Å². The number of rotatable bonds is 2. The molecule has 0 N–H and O–H groups in total. The SMILES string of the molecule is O=[N+]([O-])c1ccc(-n2cnc3ncncc32)cc1. The quantitative estimate of drug-likeness (QED) is 0.503. The number of hydrogen-bond donors (Lipinski definition) is 0. The number of hydrogen-bond acceptors (Lipinski definition) is 5. The van der Waals surface area contributed by atoms with Crippen molar-refractivity contribution in [1.82, 2.24) is 19.5 Å². The molecule has 18 heavy (non-hydrogen) atoms. The van der Waals surface area contributed by atoms with Gasteiger partial charge in [0.15, 0.2) is 5.65 Å². The van der Waals surface area contributed by atoms with Crippen LogP contribution < -0.4 is 0 Å². The van der Waals surface area contributed by atoms with Crippen molar-refractivity contribution >= 4 is 16.9 Å². The summed E-state index contributed by atoms with van der Waals surface area (Å²) in [5.74, 6) is 0. The summed E-state index contributed by atoms with van der Waals surface area (Å²) >= 11 is 0. The molecule has 1 aromatic carbocycles. The lowest BCUT2D eigenvalue weighted by Crippen LogP contribution is -1.94. The number of benzene rings is 1. The van der Waals surface area contributed by atoms with Crippen LogP contribution in [-0.2, 0) is 0 Å². The molecule has 0 aliphatic heterocycles. The Labute approximate surface area is 101 Å². The zero-order valence-corrected chi connectivity index (χ0v) is 9.09. The van der Waals surface area contributed by atoms with Crippen molar-refractivity contribution in [2.45, 2.75) is 0 Å². The van der Waals surface area contributed by atoms with Gasteiger partial charge < -0.3 is 0 Å². The molecule has 88 valence electrons. The van der Waals surface area contributed by atoms with E-state index in [9.17, 15) is 10.1 Å². The highest BCUT2D eigenvalue weighted by atomic mass is 16.6. The van der Waals surface area contributed by atoms with Crippen LogP contribution in [0.25, 0.3) is 16.9 Å². The normalized spacial score (nSPS) is 10.7. The van der Waals surface area contributed by atoms with Crippen molar-refractivity contribution in [3.8, 4) is 5.69 Å². The summed E-state index contributed by atoms with van der Waals surface area (Å²) in [4.78, 5) is 22.2. The van der Waals surface area contributed by atoms with Crippen LogP contribution in [0, 0.1) is 10.1 Å². The van der Waals surface area contributed by atoms with E-state index in [-0.39, 0.29) is 5.69 Å². The number of non-ortho nitro benzene ring substituents is 1. The molecule has 0 bridgehead atoms. The lowest BCUT2D eigenvalue weighted by molar-refractivity contribution is -0.384. The van der Waals surface area contributed by atoms with E-state index < -0.39 is 4.92 Å². The van der Waals surface area contributed by atoms with Gasteiger partial charge in [-0.3, -0.25) is 14.7 Å². The number of nitro groups is 1. The summed E-state index contributed by atoms with van der Waals surface area (Å²) < 4.78 is 1.78. The molecule has 0 atom stereocenters. The fourth-order valence-corrected chi connectivity index (χ4v) is 1.70. The smallest absolute Gasteiger partial charge is 0.269 e. The van der Waals surface area contributed by atoms with Gasteiger partial charge in [-0.15, -0.1) is 0 Å². The van der Waals surface area contributed by atoms with Gasteiger partial charge in [0.2, 0.25) is 0 Å². The standard InChI is InChI=1S/C11H7N5O2/c17-16(18)9-3-1-8(2-4-9)15-7-14-11-10(15)5-12-6-13-11/h1-7H. The van der Waals surface area contributed by atoms with Crippen molar-refractivity contribution in [1.29, 1.82) is 0 Å². The molecular formula is C11H7N5O2. The fraction of sp³-hybridized carbons (Fsp3) is 0. The number of fused-ring (bicyclic) bond motifs is 1. The Kier molecular flexibility index (Phi) is 2.23. The molecule has 3 rings (SSSR count). The molecule has 0 aliphatic carbocycles. The van der Waals surface area contributed by atoms with Crippen LogP contribution in [0.2, 0.25) is 0 Å². The second-order valence-electron chi connectivity index (χ2n) is 3.62. The lowest BCUT2D eigenvalue weighted by Gasteiger charge is -2.02. The van der Waals surface area contributed by atoms with Gasteiger partial charge in [-0.25, -0.2) is 15.0 Å². The number of nitro benzene ring substituents is 1. The van der Waals surface area contributed by atoms with Gasteiger partial charge in [0.05, 0.1) is 11.1 Å². The molecule has 7 heteroatoms. The summed E-state index contributed by atoms with van der Waals surface area (Å²) in [6.07, 6.45) is 4.69. The molecule has 0 aliphatic rings. The first-order valence-corrected chi connectivity index (χ1v) is 5.13. The largest absolute Gasteiger partial charge is 0.296 e. The van der Waals surface area contributed by atoms with E-state index in [1.165, 1.54) is 18.5 Å². The number of aromatic nitrogens is 4. The first-order valence-electron chi connectivity index (χ1n) is 5.13. The van der Waals surface area contributed by atoms with Gasteiger partial charge in [-0.2, -0.15) is 0 Å². The Hall–Kier alpha value is -2.83. The van der Waals surface area contributed by atoms with E-state index in [1.807, 2.05) is 0 Å². The van der Waals surface area contributed by atoms with Crippen LogP contribution >= 0.6 is 0 Å². The maximum atomic E-state index is 10.6. The summed E-state index contributed by atoms with van der Waals surface area (Å²) in [5.41, 5.74) is 2.17. The highest BCUT2D eigenvalue weighted by Crippen LogP contribution is 2.18. The zero-order chi connectivity index (χ0) is 12.5. The summed E-state index contributed by atoms with van der Waals surface area (Å²) in [6, 6.07) is 6.22. The lowest BCUT2D eigenvalue weighted by atomic mass is 10.3. The Balaban J connectivity index is 2.12. The predicted octanol–water partition coefficient (Wildman–Crippen LogP) is 1.72. The van der Waals surface area contributed by atoms with E-state index in [1.54, 1.807) is 29.2 Å². The first kappa shape index (κ1) is 10.3. The molecule has 0 saturated heterocycles. The van der Waals surface area contributed by atoms with Gasteiger partial charge in [0.1, 0.15) is 18.2 Å². The number of imidazole rings is 1. The monoisotopic (exact) mass is 241 g/mol. The van der Waals surface area contributed by atoms with Gasteiger partial charge in [-0.05, 0) is 12.1 Å². The summed E-state index contributed by atoms with van der Waals surface area (Å²) in [6.45, 7) is 0. The highest BCUT2D eigenvalue weighted by molar-refractivity contribution is 5.71. The van der Waals surface area contributed by atoms with Crippen LogP contribution in [0.5, 0.6) is 0 Å². The van der Waals surface area contributed by atoms with Crippen LogP contribution in [0.1, 0.15) is 0 Å². The van der Waals surface area contributed by atoms with Crippen LogP contribution in [0.4, 0.5) is 5.69 Å². The van der Waals surface area contributed by atoms with Crippen LogP contribution in [0.3, 0.4) is 0 Å². The Morgan fingerprint density at radius 2 is 1.94 bits per heavy atom. The molecule has 2 heterocycles. The van der Waals surface area contributed by atoms with Crippen LogP contribution in [-0.4, -0.2) is 24.4 Å². The maximum Gasteiger partial charge on any atom is 0.269 e. The minimum absolute atomic E-state index is 0.0550. The molecule has 2 aromatic heterocycles. The van der Waals surface area contributed by atoms with Crippen LogP contribution in [0.15, 0.2) is 43.1 Å². The molecule has 0 fully saturated rings. The fourth-order valence-electron chi connectivity index (χ4n) is 1.70. The number of nitrogens with zero attached hydrogens (tertiary/aromatic N) is 5. The third-order valence-electron chi connectivity index (χ3n) is 2.57. The molecule has 0 unspecified atom stereocenters. The Morgan fingerprint density at radius 3 is 2.67 bits per heavy atom. The molecular weight excluding hydrogens is 234 g/mol. The topological polar surface area (TPSA) is 86.7 Å². The highest BCUT2D eigenvalue weighted by Gasteiger charge is 2.08. The molecule has 7 nitrogen and oxygen atoms in total. The van der Waals surface area contributed by atoms with Gasteiger partial charge in [0.25, 0.3) is 5.69 Å². The van der Waals surface area contributed by atoms with E-state index >= 15 is 0 Å². The second-order valence-corrected chi connectivity index (χ2v) is 3.62. The molecule has 0 radical (unpaired) electrons. The van der Waals surface area contributed by atoms with E-state index in [0.29, 0.717) is 5.65 Å². The summed E-state index contributed by atoms with van der Waals surface area (Å²) in [5, 5.41) is 10.6. The molecule has 0 saturated carbocycles. The third kappa shape index (κ3) is 1.58. The third-order valence-corrected chi connectivity index (χ3v) is 2.57. The second kappa shape index (κ2) is 3.88. The van der Waals surface area contributed by atoms with Gasteiger partial charge in [-0.1, -0.05) is 0 Å². The predicted molar refractivity (Wildman–Crippen MR) is 63.3 cm³/mol. The Bertz CT molecular complexity index is 720. The average Bonchev–Trinajstić information content (AvgIpc) is 2.82. The average molecular weight is 241 g/mol. The van der Waals surface area contributed by atoms with E-state index in [2.05, 4.69) is 15.0 Å². The Morgan fingerprint density at radius 1 is 1.17 bits per heavy atom. The molecule has 3 aromatic rings. The van der Waals surface area contributed by atoms with E-state index in [4.69, 9.17) is 0 Å². The van der Waals surface area contributed by atoms with Crippen molar-refractivity contribution in [3.63, 3.8) is 0 Å². The van der Waals surface area contributed by atoms with Crippen molar-refractivity contribution in [2.24, 2.45) is 0 Å². The zero-order valence-electron chi connectivity index (χ0n) is 9.09. The molecule has 0 amide bonds.